The van der Waals surface area contributed by atoms with Gasteiger partial charge in [0.1, 0.15) is 18.0 Å². The summed E-state index contributed by atoms with van der Waals surface area (Å²) in [5.74, 6) is -1.70. The van der Waals surface area contributed by atoms with Crippen molar-refractivity contribution in [3.63, 3.8) is 0 Å². The molecule has 1 fully saturated rings. The van der Waals surface area contributed by atoms with Crippen molar-refractivity contribution in [3.8, 4) is 27.9 Å². The van der Waals surface area contributed by atoms with E-state index in [1.807, 2.05) is 40.9 Å². The van der Waals surface area contributed by atoms with Crippen LogP contribution in [0.15, 0.2) is 73.3 Å². The van der Waals surface area contributed by atoms with Gasteiger partial charge in [-0.2, -0.15) is 5.10 Å². The molecule has 3 heterocycles. The van der Waals surface area contributed by atoms with Crippen LogP contribution in [-0.4, -0.2) is 79.0 Å². The first-order chi connectivity index (χ1) is 20.2. The minimum Gasteiger partial charge on any atom is -0.465 e. The maximum atomic E-state index is 14.9. The number of fused-ring (bicyclic) bond motifs is 1. The van der Waals surface area contributed by atoms with Gasteiger partial charge >= 0.3 is 6.09 Å². The predicted molar refractivity (Wildman–Crippen MR) is 153 cm³/mol. The number of carbonyl (C=O) groups is 2. The number of nitrogens with zero attached hydrogens (tertiary/aromatic N) is 6. The van der Waals surface area contributed by atoms with Crippen LogP contribution in [-0.2, 0) is 11.8 Å². The average molecular weight is 572 g/mol. The molecule has 0 bridgehead atoms. The van der Waals surface area contributed by atoms with Crippen LogP contribution in [0.1, 0.15) is 0 Å². The molecule has 3 aromatic carbocycles. The van der Waals surface area contributed by atoms with E-state index in [9.17, 15) is 18.4 Å². The number of carbonyl (C=O) groups excluding carboxylic acids is 1. The Morgan fingerprint density at radius 3 is 2.48 bits per heavy atom. The predicted octanol–water partition coefficient (Wildman–Crippen LogP) is 4.61. The van der Waals surface area contributed by atoms with Crippen molar-refractivity contribution in [1.82, 2.24) is 29.1 Å². The Morgan fingerprint density at radius 2 is 1.76 bits per heavy atom. The monoisotopic (exact) mass is 571 g/mol. The maximum Gasteiger partial charge on any atom is 0.407 e. The first-order valence-corrected chi connectivity index (χ1v) is 13.3. The number of benzene rings is 3. The Morgan fingerprint density at radius 1 is 0.952 bits per heavy atom. The molecule has 0 radical (unpaired) electrons. The van der Waals surface area contributed by atoms with E-state index in [4.69, 9.17) is 5.11 Å². The number of carboxylic acid groups (broad SMARTS) is 1. The summed E-state index contributed by atoms with van der Waals surface area (Å²) in [6, 6.07) is 14.4. The third-order valence-corrected chi connectivity index (χ3v) is 7.32. The van der Waals surface area contributed by atoms with Gasteiger partial charge in [0.25, 0.3) is 0 Å². The number of nitrogens with one attached hydrogen (secondary N) is 1. The molecular formula is C30H27F2N7O3. The van der Waals surface area contributed by atoms with Gasteiger partial charge in [0.05, 0.1) is 23.8 Å². The summed E-state index contributed by atoms with van der Waals surface area (Å²) in [5, 5.41) is 16.3. The van der Waals surface area contributed by atoms with E-state index in [0.717, 1.165) is 28.2 Å². The minimum atomic E-state index is -0.975. The van der Waals surface area contributed by atoms with E-state index in [1.165, 1.54) is 17.0 Å². The molecule has 0 saturated carbocycles. The maximum absolute atomic E-state index is 14.9. The number of halogens is 2. The molecule has 10 nitrogen and oxygen atoms in total. The number of imidazole rings is 1. The van der Waals surface area contributed by atoms with Crippen LogP contribution in [0.4, 0.5) is 19.3 Å². The molecule has 2 aromatic heterocycles. The summed E-state index contributed by atoms with van der Waals surface area (Å²) < 4.78 is 32.1. The molecule has 0 spiro atoms. The van der Waals surface area contributed by atoms with E-state index < -0.39 is 17.7 Å². The molecule has 1 aliphatic heterocycles. The number of aryl methyl sites for hydroxylation is 1. The lowest BCUT2D eigenvalue weighted by Crippen LogP contribution is -2.50. The van der Waals surface area contributed by atoms with Gasteiger partial charge in [-0.15, -0.1) is 0 Å². The van der Waals surface area contributed by atoms with Gasteiger partial charge < -0.3 is 15.3 Å². The van der Waals surface area contributed by atoms with Crippen LogP contribution >= 0.6 is 0 Å². The van der Waals surface area contributed by atoms with Gasteiger partial charge in [0, 0.05) is 68.0 Å². The number of hydrogen-bond acceptors (Lipinski definition) is 5. The Kier molecular flexibility index (Phi) is 7.13. The molecular weight excluding hydrogens is 544 g/mol. The molecule has 6 rings (SSSR count). The van der Waals surface area contributed by atoms with E-state index in [2.05, 4.69) is 15.4 Å². The highest BCUT2D eigenvalue weighted by atomic mass is 19.1. The SMILES string of the molecule is Cn1cc(-c2ccc3c(c2)ncn3-c2cc(NC(=O)CN3CCN(C(=O)O)CC3)cc(-c3ccc(F)cc3F)c2)cn1. The molecule has 0 atom stereocenters. The molecule has 0 aliphatic carbocycles. The zero-order valence-corrected chi connectivity index (χ0v) is 22.7. The van der Waals surface area contributed by atoms with Gasteiger partial charge in [0.2, 0.25) is 5.91 Å². The van der Waals surface area contributed by atoms with Crippen molar-refractivity contribution in [2.75, 3.05) is 38.0 Å². The van der Waals surface area contributed by atoms with Gasteiger partial charge in [-0.1, -0.05) is 6.07 Å². The third-order valence-electron chi connectivity index (χ3n) is 7.32. The lowest BCUT2D eigenvalue weighted by atomic mass is 10.0. The summed E-state index contributed by atoms with van der Waals surface area (Å²) in [4.78, 5) is 32.0. The quantitative estimate of drug-likeness (QED) is 0.308. The van der Waals surface area contributed by atoms with Crippen LogP contribution in [0.2, 0.25) is 0 Å². The Hall–Kier alpha value is -5.10. The first-order valence-electron chi connectivity index (χ1n) is 13.3. The van der Waals surface area contributed by atoms with Crippen LogP contribution < -0.4 is 5.32 Å². The van der Waals surface area contributed by atoms with Crippen LogP contribution in [0.5, 0.6) is 0 Å². The highest BCUT2D eigenvalue weighted by molar-refractivity contribution is 5.94. The lowest BCUT2D eigenvalue weighted by molar-refractivity contribution is -0.117. The van der Waals surface area contributed by atoms with E-state index >= 15 is 0 Å². The Bertz CT molecular complexity index is 1810. The van der Waals surface area contributed by atoms with Crippen molar-refractivity contribution < 1.29 is 23.5 Å². The van der Waals surface area contributed by atoms with Crippen LogP contribution in [0.25, 0.3) is 39.0 Å². The summed E-state index contributed by atoms with van der Waals surface area (Å²) in [6.45, 7) is 1.59. The lowest BCUT2D eigenvalue weighted by Gasteiger charge is -2.32. The highest BCUT2D eigenvalue weighted by Crippen LogP contribution is 2.31. The summed E-state index contributed by atoms with van der Waals surface area (Å²) in [7, 11) is 1.85. The fourth-order valence-corrected chi connectivity index (χ4v) is 5.17. The largest absolute Gasteiger partial charge is 0.465 e. The molecule has 214 valence electrons. The number of piperazine rings is 1. The van der Waals surface area contributed by atoms with Crippen LogP contribution in [0.3, 0.4) is 0 Å². The van der Waals surface area contributed by atoms with Gasteiger partial charge in [-0.05, 0) is 53.6 Å². The van der Waals surface area contributed by atoms with Crippen molar-refractivity contribution in [1.29, 1.82) is 0 Å². The van der Waals surface area contributed by atoms with Gasteiger partial charge in [0.15, 0.2) is 0 Å². The second kappa shape index (κ2) is 11.1. The first kappa shape index (κ1) is 27.1. The minimum absolute atomic E-state index is 0.0725. The smallest absolute Gasteiger partial charge is 0.407 e. The Labute approximate surface area is 239 Å². The number of aromatic nitrogens is 4. The standard InChI is InChI=1S/C30H27F2N7O3/c1-36-16-21(15-34-36)19-2-5-28-27(12-19)33-18-39(28)24-11-20(25-4-3-22(31)13-26(25)32)10-23(14-24)35-29(40)17-37-6-8-38(9-7-37)30(41)42/h2-5,10-16,18H,6-9,17H2,1H3,(H,35,40)(H,41,42). The molecule has 42 heavy (non-hydrogen) atoms. The van der Waals surface area contributed by atoms with Gasteiger partial charge in [-0.25, -0.2) is 18.6 Å². The molecule has 2 amide bonds. The van der Waals surface area contributed by atoms with Crippen molar-refractivity contribution >= 4 is 28.7 Å². The van der Waals surface area contributed by atoms with Crippen molar-refractivity contribution in [3.05, 3.63) is 85.0 Å². The fourth-order valence-electron chi connectivity index (χ4n) is 5.17. The normalized spacial score (nSPS) is 13.9. The average Bonchev–Trinajstić information content (AvgIpc) is 3.59. The highest BCUT2D eigenvalue weighted by Gasteiger charge is 2.22. The molecule has 2 N–H and O–H groups in total. The van der Waals surface area contributed by atoms with E-state index in [1.54, 1.807) is 35.4 Å². The second-order valence-electron chi connectivity index (χ2n) is 10.2. The zero-order chi connectivity index (χ0) is 29.4. The Balaban J connectivity index is 1.32. The zero-order valence-electron chi connectivity index (χ0n) is 22.7. The van der Waals surface area contributed by atoms with E-state index in [-0.39, 0.29) is 18.0 Å². The molecule has 1 saturated heterocycles. The third kappa shape index (κ3) is 5.56. The number of amides is 2. The number of hydrogen-bond donors (Lipinski definition) is 2. The number of anilines is 1. The molecule has 5 aromatic rings. The van der Waals surface area contributed by atoms with Gasteiger partial charge in [-0.3, -0.25) is 18.9 Å². The molecule has 1 aliphatic rings. The molecule has 12 heteroatoms. The topological polar surface area (TPSA) is 109 Å². The molecule has 0 unspecified atom stereocenters. The summed E-state index contributed by atoms with van der Waals surface area (Å²) in [5.41, 5.74) is 5.13. The summed E-state index contributed by atoms with van der Waals surface area (Å²) >= 11 is 0. The van der Waals surface area contributed by atoms with E-state index in [0.29, 0.717) is 43.1 Å². The van der Waals surface area contributed by atoms with Crippen molar-refractivity contribution in [2.45, 2.75) is 0 Å². The van der Waals surface area contributed by atoms with Crippen LogP contribution in [0, 0.1) is 11.6 Å². The fraction of sp³-hybridized carbons (Fsp3) is 0.200. The number of rotatable bonds is 6. The summed E-state index contributed by atoms with van der Waals surface area (Å²) in [6.07, 6.45) is 4.38. The van der Waals surface area contributed by atoms with Crippen molar-refractivity contribution in [2.24, 2.45) is 7.05 Å². The second-order valence-corrected chi connectivity index (χ2v) is 10.2.